The number of nitrogens with zero attached hydrogens (tertiary/aromatic N) is 4. The third-order valence-electron chi connectivity index (χ3n) is 6.48. The molecule has 1 saturated carbocycles. The van der Waals surface area contributed by atoms with Crippen molar-refractivity contribution >= 4 is 27.0 Å². The van der Waals surface area contributed by atoms with Gasteiger partial charge in [0.05, 0.1) is 23.5 Å². The number of hydrogen-bond acceptors (Lipinski definition) is 7. The van der Waals surface area contributed by atoms with Crippen molar-refractivity contribution in [1.82, 2.24) is 18.8 Å². The van der Waals surface area contributed by atoms with E-state index in [1.54, 1.807) is 6.92 Å². The summed E-state index contributed by atoms with van der Waals surface area (Å²) in [4.78, 5) is 21.6. The summed E-state index contributed by atoms with van der Waals surface area (Å²) in [7, 11) is -3.24. The first-order valence-corrected chi connectivity index (χ1v) is 12.5. The summed E-state index contributed by atoms with van der Waals surface area (Å²) in [5, 5.41) is 14.2. The van der Waals surface area contributed by atoms with Crippen LogP contribution in [0.4, 0.5) is 14.7 Å². The van der Waals surface area contributed by atoms with Gasteiger partial charge in [0.25, 0.3) is 12.0 Å². The van der Waals surface area contributed by atoms with Crippen LogP contribution in [0.3, 0.4) is 0 Å². The van der Waals surface area contributed by atoms with Crippen LogP contribution in [0.25, 0.3) is 11.0 Å². The van der Waals surface area contributed by atoms with Crippen LogP contribution in [0.15, 0.2) is 17.1 Å². The van der Waals surface area contributed by atoms with Crippen LogP contribution in [0.5, 0.6) is 0 Å². The van der Waals surface area contributed by atoms with Gasteiger partial charge in [-0.15, -0.1) is 0 Å². The molecule has 0 radical (unpaired) electrons. The molecule has 1 aliphatic heterocycles. The average Bonchev–Trinajstić information content (AvgIpc) is 3.05. The molecule has 0 unspecified atom stereocenters. The van der Waals surface area contributed by atoms with E-state index in [1.807, 2.05) is 0 Å². The number of piperidine rings is 1. The van der Waals surface area contributed by atoms with Gasteiger partial charge in [0, 0.05) is 30.7 Å². The van der Waals surface area contributed by atoms with Gasteiger partial charge >= 0.3 is 0 Å². The fourth-order valence-electron chi connectivity index (χ4n) is 4.71. The quantitative estimate of drug-likeness (QED) is 0.685. The summed E-state index contributed by atoms with van der Waals surface area (Å²) in [6.45, 7) is 2.35. The lowest BCUT2D eigenvalue weighted by Gasteiger charge is -2.31. The Labute approximate surface area is 184 Å². The van der Waals surface area contributed by atoms with Gasteiger partial charge in [-0.1, -0.05) is 0 Å². The number of halogens is 2. The lowest BCUT2D eigenvalue weighted by atomic mass is 9.99. The van der Waals surface area contributed by atoms with E-state index in [1.165, 1.54) is 21.3 Å². The van der Waals surface area contributed by atoms with Gasteiger partial charge in [-0.25, -0.2) is 26.5 Å². The number of rotatable bonds is 5. The lowest BCUT2D eigenvalue weighted by Crippen LogP contribution is -2.42. The predicted molar refractivity (Wildman–Crippen MR) is 115 cm³/mol. The number of nitrogens with one attached hydrogen (secondary N) is 1. The molecule has 2 aromatic heterocycles. The maximum absolute atomic E-state index is 13.5. The molecule has 2 aliphatic rings. The molecule has 0 bridgehead atoms. The van der Waals surface area contributed by atoms with Crippen molar-refractivity contribution in [2.24, 2.45) is 0 Å². The maximum atomic E-state index is 13.5. The third kappa shape index (κ3) is 4.35. The molecule has 3 heterocycles. The van der Waals surface area contributed by atoms with Crippen molar-refractivity contribution in [3.8, 4) is 0 Å². The van der Waals surface area contributed by atoms with E-state index in [0.717, 1.165) is 6.07 Å². The summed E-state index contributed by atoms with van der Waals surface area (Å²) in [6.07, 6.45) is 2.33. The first kappa shape index (κ1) is 23.0. The largest absolute Gasteiger partial charge is 0.388 e. The summed E-state index contributed by atoms with van der Waals surface area (Å²) >= 11 is 0. The van der Waals surface area contributed by atoms with Crippen LogP contribution >= 0.6 is 0 Å². The molecule has 4 rings (SSSR count). The highest BCUT2D eigenvalue weighted by Crippen LogP contribution is 2.39. The lowest BCUT2D eigenvalue weighted by molar-refractivity contribution is 0.0261. The molecule has 2 aromatic rings. The van der Waals surface area contributed by atoms with E-state index in [0.29, 0.717) is 50.6 Å². The van der Waals surface area contributed by atoms with E-state index >= 15 is 0 Å². The highest BCUT2D eigenvalue weighted by Gasteiger charge is 2.40. The predicted octanol–water partition coefficient (Wildman–Crippen LogP) is 2.04. The molecule has 12 heteroatoms. The highest BCUT2D eigenvalue weighted by molar-refractivity contribution is 7.88. The van der Waals surface area contributed by atoms with Gasteiger partial charge < -0.3 is 10.4 Å². The zero-order chi connectivity index (χ0) is 23.3. The Kier molecular flexibility index (Phi) is 5.97. The Balaban J connectivity index is 1.70. The molecule has 0 aromatic carbocycles. The third-order valence-corrected chi connectivity index (χ3v) is 7.79. The molecular formula is C20H27F2N5O4S. The Bertz CT molecular complexity index is 1180. The molecule has 176 valence electrons. The van der Waals surface area contributed by atoms with Gasteiger partial charge in [-0.3, -0.25) is 9.36 Å². The van der Waals surface area contributed by atoms with Gasteiger partial charge in [0.1, 0.15) is 5.65 Å². The van der Waals surface area contributed by atoms with E-state index in [2.05, 4.69) is 15.3 Å². The Morgan fingerprint density at radius 2 is 1.97 bits per heavy atom. The minimum atomic E-state index is -3.24. The monoisotopic (exact) mass is 471 g/mol. The number of sulfonamides is 1. The van der Waals surface area contributed by atoms with E-state index in [4.69, 9.17) is 0 Å². The minimum Gasteiger partial charge on any atom is -0.388 e. The number of hydrogen-bond donors (Lipinski definition) is 2. The second-order valence-electron chi connectivity index (χ2n) is 8.89. The SMILES string of the molecule is C[C@@]1(O)CCC[C@@H]1n1c(=O)c(C(F)F)cc2cnc(NC3CCN(S(C)(=O)=O)CC3)nc21. The van der Waals surface area contributed by atoms with Gasteiger partial charge in [0.15, 0.2) is 0 Å². The van der Waals surface area contributed by atoms with Crippen molar-refractivity contribution in [2.75, 3.05) is 24.7 Å². The van der Waals surface area contributed by atoms with Crippen molar-refractivity contribution in [3.63, 3.8) is 0 Å². The molecule has 2 fully saturated rings. The van der Waals surface area contributed by atoms with Crippen LogP contribution in [0, 0.1) is 0 Å². The Hall–Kier alpha value is -2.18. The second kappa shape index (κ2) is 8.31. The fourth-order valence-corrected chi connectivity index (χ4v) is 5.58. The molecule has 1 aliphatic carbocycles. The molecule has 2 N–H and O–H groups in total. The van der Waals surface area contributed by atoms with Crippen LogP contribution in [-0.2, 0) is 10.0 Å². The molecular weight excluding hydrogens is 444 g/mol. The van der Waals surface area contributed by atoms with E-state index in [9.17, 15) is 27.1 Å². The zero-order valence-electron chi connectivity index (χ0n) is 18.0. The maximum Gasteiger partial charge on any atom is 0.269 e. The number of aliphatic hydroxyl groups is 1. The van der Waals surface area contributed by atoms with Crippen LogP contribution < -0.4 is 10.9 Å². The summed E-state index contributed by atoms with van der Waals surface area (Å²) < 4.78 is 53.1. The first-order chi connectivity index (χ1) is 15.0. The van der Waals surface area contributed by atoms with Crippen molar-refractivity contribution in [1.29, 1.82) is 0 Å². The number of aromatic nitrogens is 3. The van der Waals surface area contributed by atoms with Crippen molar-refractivity contribution in [2.45, 2.75) is 63.1 Å². The summed E-state index contributed by atoms with van der Waals surface area (Å²) in [6, 6.07) is 0.370. The zero-order valence-corrected chi connectivity index (χ0v) is 18.8. The molecule has 0 spiro atoms. The first-order valence-electron chi connectivity index (χ1n) is 10.6. The standard InChI is InChI=1S/C20H27F2N5O4S/c1-20(29)7-3-4-15(20)27-17-12(10-14(16(21)22)18(27)28)11-23-19(25-17)24-13-5-8-26(9-6-13)32(2,30)31/h10-11,13,15-16,29H,3-9H2,1-2H3,(H,23,24,25)/t15-,20+/m0/s1. The Morgan fingerprint density at radius 3 is 2.53 bits per heavy atom. The van der Waals surface area contributed by atoms with Crippen LogP contribution in [-0.4, -0.2) is 63.4 Å². The molecule has 1 saturated heterocycles. The number of pyridine rings is 1. The van der Waals surface area contributed by atoms with E-state index in [-0.39, 0.29) is 17.6 Å². The van der Waals surface area contributed by atoms with E-state index < -0.39 is 39.2 Å². The number of alkyl halides is 2. The van der Waals surface area contributed by atoms with Crippen molar-refractivity contribution in [3.05, 3.63) is 28.2 Å². The Morgan fingerprint density at radius 1 is 1.28 bits per heavy atom. The van der Waals surface area contributed by atoms with Gasteiger partial charge in [0.2, 0.25) is 16.0 Å². The topological polar surface area (TPSA) is 117 Å². The second-order valence-corrected chi connectivity index (χ2v) is 10.9. The number of anilines is 1. The summed E-state index contributed by atoms with van der Waals surface area (Å²) in [5.74, 6) is 0.228. The molecule has 2 atom stereocenters. The molecule has 32 heavy (non-hydrogen) atoms. The molecule has 0 amide bonds. The van der Waals surface area contributed by atoms with Crippen LogP contribution in [0.2, 0.25) is 0 Å². The number of fused-ring (bicyclic) bond motifs is 1. The van der Waals surface area contributed by atoms with Crippen LogP contribution in [0.1, 0.15) is 57.1 Å². The van der Waals surface area contributed by atoms with Crippen molar-refractivity contribution < 1.29 is 22.3 Å². The summed E-state index contributed by atoms with van der Waals surface area (Å²) in [5.41, 5.74) is -2.52. The smallest absolute Gasteiger partial charge is 0.269 e. The highest BCUT2D eigenvalue weighted by atomic mass is 32.2. The normalized spacial score (nSPS) is 25.6. The molecule has 9 nitrogen and oxygen atoms in total. The van der Waals surface area contributed by atoms with Gasteiger partial charge in [-0.2, -0.15) is 4.98 Å². The fraction of sp³-hybridized carbons (Fsp3) is 0.650. The van der Waals surface area contributed by atoms with Gasteiger partial charge in [-0.05, 0) is 45.1 Å². The average molecular weight is 472 g/mol. The minimum absolute atomic E-state index is 0.0689.